The summed E-state index contributed by atoms with van der Waals surface area (Å²) in [6.07, 6.45) is 2.21. The summed E-state index contributed by atoms with van der Waals surface area (Å²) in [5.74, 6) is 0.689. The van der Waals surface area contributed by atoms with Gasteiger partial charge in [0.25, 0.3) is 11.5 Å². The minimum Gasteiger partial charge on any atom is -0.491 e. The number of benzene rings is 1. The summed E-state index contributed by atoms with van der Waals surface area (Å²) in [5.41, 5.74) is 1.64. The lowest BCUT2D eigenvalue weighted by molar-refractivity contribution is 0.0919. The van der Waals surface area contributed by atoms with Crippen LogP contribution in [0.3, 0.4) is 0 Å². The lowest BCUT2D eigenvalue weighted by Gasteiger charge is -2.25. The summed E-state index contributed by atoms with van der Waals surface area (Å²) < 4.78 is 7.15. The van der Waals surface area contributed by atoms with Crippen LogP contribution in [0.1, 0.15) is 20.8 Å². The molecule has 0 saturated carbocycles. The molecule has 7 heteroatoms. The first-order valence-electron chi connectivity index (χ1n) is 8.01. The van der Waals surface area contributed by atoms with Crippen molar-refractivity contribution in [3.05, 3.63) is 57.0 Å². The average Bonchev–Trinajstić information content (AvgIpc) is 2.95. The Kier molecular flexibility index (Phi) is 3.80. The Balaban J connectivity index is 1.60. The molecule has 0 bridgehead atoms. The maximum absolute atomic E-state index is 12.7. The predicted molar refractivity (Wildman–Crippen MR) is 96.5 cm³/mol. The van der Waals surface area contributed by atoms with E-state index >= 15 is 0 Å². The molecule has 0 aliphatic carbocycles. The number of nitrogens with one attached hydrogen (secondary N) is 1. The first kappa shape index (κ1) is 15.8. The number of para-hydroxylation sites is 1. The second-order valence-corrected chi connectivity index (χ2v) is 7.19. The molecule has 25 heavy (non-hydrogen) atoms. The van der Waals surface area contributed by atoms with E-state index in [2.05, 4.69) is 10.3 Å². The molecular weight excluding hydrogens is 338 g/mol. The van der Waals surface area contributed by atoms with Crippen molar-refractivity contribution in [2.45, 2.75) is 19.4 Å². The molecule has 1 amide bonds. The van der Waals surface area contributed by atoms with E-state index in [0.29, 0.717) is 27.3 Å². The molecule has 2 aromatic heterocycles. The number of carbonyl (C=O) groups excluding carboxylic acids is 1. The summed E-state index contributed by atoms with van der Waals surface area (Å²) in [4.78, 5) is 30.4. The van der Waals surface area contributed by atoms with Crippen LogP contribution in [-0.4, -0.2) is 28.1 Å². The van der Waals surface area contributed by atoms with Gasteiger partial charge in [-0.25, -0.2) is 4.98 Å². The number of fused-ring (bicyclic) bond motifs is 2. The molecular formula is C18H17N3O3S. The zero-order valence-corrected chi connectivity index (χ0v) is 14.7. The summed E-state index contributed by atoms with van der Waals surface area (Å²) in [6, 6.07) is 7.75. The van der Waals surface area contributed by atoms with Crippen molar-refractivity contribution in [3.63, 3.8) is 0 Å². The predicted octanol–water partition coefficient (Wildman–Crippen LogP) is 2.04. The van der Waals surface area contributed by atoms with Crippen molar-refractivity contribution in [3.8, 4) is 5.75 Å². The second kappa shape index (κ2) is 6.00. The number of ether oxygens (including phenoxy) is 1. The fourth-order valence-electron chi connectivity index (χ4n) is 3.10. The van der Waals surface area contributed by atoms with E-state index in [0.717, 1.165) is 17.7 Å². The van der Waals surface area contributed by atoms with Gasteiger partial charge in [0.15, 0.2) is 0 Å². The topological polar surface area (TPSA) is 73.2 Å². The Bertz CT molecular complexity index is 1040. The van der Waals surface area contributed by atoms with Crippen LogP contribution in [0.2, 0.25) is 0 Å². The highest BCUT2D eigenvalue weighted by molar-refractivity contribution is 7.20. The van der Waals surface area contributed by atoms with Crippen LogP contribution in [0.15, 0.2) is 35.4 Å². The van der Waals surface area contributed by atoms with Crippen molar-refractivity contribution in [1.82, 2.24) is 14.9 Å². The molecule has 4 rings (SSSR count). The van der Waals surface area contributed by atoms with Gasteiger partial charge in [0.2, 0.25) is 0 Å². The zero-order chi connectivity index (χ0) is 17.6. The minimum absolute atomic E-state index is 0.0946. The normalized spacial score (nSPS) is 16.3. The standard InChI is InChI=1S/C18H17N3O3S/c1-10-14-17(19-9-21(2)18(14)23)25-15(10)16(22)20-12-7-11-5-3-4-6-13(11)24-8-12/h3-6,9,12H,7-8H2,1-2H3,(H,20,22). The first-order chi connectivity index (χ1) is 12.0. The highest BCUT2D eigenvalue weighted by Gasteiger charge is 2.24. The Labute approximate surface area is 148 Å². The van der Waals surface area contributed by atoms with Crippen molar-refractivity contribution in [1.29, 1.82) is 0 Å². The van der Waals surface area contributed by atoms with Gasteiger partial charge in [-0.3, -0.25) is 9.59 Å². The molecule has 3 heterocycles. The molecule has 3 aromatic rings. The number of nitrogens with zero attached hydrogens (tertiary/aromatic N) is 2. The van der Waals surface area contributed by atoms with E-state index in [1.807, 2.05) is 24.3 Å². The minimum atomic E-state index is -0.185. The van der Waals surface area contributed by atoms with E-state index < -0.39 is 0 Å². The largest absolute Gasteiger partial charge is 0.491 e. The van der Waals surface area contributed by atoms with E-state index in [1.54, 1.807) is 14.0 Å². The molecule has 0 saturated heterocycles. The molecule has 6 nitrogen and oxygen atoms in total. The zero-order valence-electron chi connectivity index (χ0n) is 13.9. The maximum atomic E-state index is 12.7. The van der Waals surface area contributed by atoms with Crippen molar-refractivity contribution < 1.29 is 9.53 Å². The van der Waals surface area contributed by atoms with Crippen LogP contribution in [0.5, 0.6) is 5.75 Å². The van der Waals surface area contributed by atoms with Crippen LogP contribution in [0.25, 0.3) is 10.2 Å². The number of rotatable bonds is 2. The van der Waals surface area contributed by atoms with Crippen molar-refractivity contribution in [2.24, 2.45) is 7.05 Å². The van der Waals surface area contributed by atoms with Gasteiger partial charge in [-0.2, -0.15) is 0 Å². The summed E-state index contributed by atoms with van der Waals surface area (Å²) in [5, 5.41) is 3.54. The smallest absolute Gasteiger partial charge is 0.262 e. The average molecular weight is 355 g/mol. The van der Waals surface area contributed by atoms with Crippen LogP contribution < -0.4 is 15.6 Å². The molecule has 0 spiro atoms. The van der Waals surface area contributed by atoms with Gasteiger partial charge >= 0.3 is 0 Å². The van der Waals surface area contributed by atoms with Gasteiger partial charge in [0.05, 0.1) is 22.6 Å². The fraction of sp³-hybridized carbons (Fsp3) is 0.278. The van der Waals surface area contributed by atoms with E-state index in [-0.39, 0.29) is 17.5 Å². The number of hydrogen-bond donors (Lipinski definition) is 1. The third-order valence-electron chi connectivity index (χ3n) is 4.43. The fourth-order valence-corrected chi connectivity index (χ4v) is 4.14. The Hall–Kier alpha value is -2.67. The lowest BCUT2D eigenvalue weighted by Crippen LogP contribution is -2.42. The molecule has 0 fully saturated rings. The van der Waals surface area contributed by atoms with Gasteiger partial charge in [0.1, 0.15) is 17.2 Å². The SMILES string of the molecule is Cc1c(C(=O)NC2COc3ccccc3C2)sc2ncn(C)c(=O)c12. The molecule has 1 unspecified atom stereocenters. The number of aromatic nitrogens is 2. The number of hydrogen-bond acceptors (Lipinski definition) is 5. The highest BCUT2D eigenvalue weighted by Crippen LogP contribution is 2.28. The van der Waals surface area contributed by atoms with Crippen LogP contribution in [0, 0.1) is 6.92 Å². The van der Waals surface area contributed by atoms with Gasteiger partial charge in [-0.1, -0.05) is 18.2 Å². The highest BCUT2D eigenvalue weighted by atomic mass is 32.1. The third-order valence-corrected chi connectivity index (χ3v) is 5.63. The molecule has 1 N–H and O–H groups in total. The molecule has 0 radical (unpaired) electrons. The summed E-state index contributed by atoms with van der Waals surface area (Å²) in [6.45, 7) is 2.23. The van der Waals surface area contributed by atoms with E-state index in [4.69, 9.17) is 4.74 Å². The number of carbonyl (C=O) groups is 1. The van der Waals surface area contributed by atoms with Crippen molar-refractivity contribution >= 4 is 27.5 Å². The first-order valence-corrected chi connectivity index (χ1v) is 8.82. The number of thiophene rings is 1. The quantitative estimate of drug-likeness (QED) is 0.763. The molecule has 128 valence electrons. The lowest BCUT2D eigenvalue weighted by atomic mass is 10.0. The van der Waals surface area contributed by atoms with Gasteiger partial charge in [0, 0.05) is 7.05 Å². The van der Waals surface area contributed by atoms with E-state index in [9.17, 15) is 9.59 Å². The van der Waals surface area contributed by atoms with Crippen molar-refractivity contribution in [2.75, 3.05) is 6.61 Å². The van der Waals surface area contributed by atoms with Gasteiger partial charge in [-0.15, -0.1) is 11.3 Å². The molecule has 1 atom stereocenters. The summed E-state index contributed by atoms with van der Waals surface area (Å²) in [7, 11) is 1.66. The summed E-state index contributed by atoms with van der Waals surface area (Å²) >= 11 is 1.25. The monoisotopic (exact) mass is 355 g/mol. The Morgan fingerprint density at radius 3 is 3.04 bits per heavy atom. The molecule has 1 aliphatic heterocycles. The Morgan fingerprint density at radius 2 is 2.20 bits per heavy atom. The van der Waals surface area contributed by atoms with E-state index in [1.165, 1.54) is 22.2 Å². The van der Waals surface area contributed by atoms with Crippen LogP contribution in [0.4, 0.5) is 0 Å². The number of aryl methyl sites for hydroxylation is 2. The van der Waals surface area contributed by atoms with Crippen LogP contribution in [-0.2, 0) is 13.5 Å². The second-order valence-electron chi connectivity index (χ2n) is 6.19. The van der Waals surface area contributed by atoms with Gasteiger partial charge < -0.3 is 14.6 Å². The van der Waals surface area contributed by atoms with Gasteiger partial charge in [-0.05, 0) is 30.5 Å². The molecule has 1 aliphatic rings. The van der Waals surface area contributed by atoms with Crippen LogP contribution >= 0.6 is 11.3 Å². The Morgan fingerprint density at radius 1 is 1.40 bits per heavy atom. The number of amides is 1. The molecule has 1 aromatic carbocycles. The maximum Gasteiger partial charge on any atom is 0.262 e. The third kappa shape index (κ3) is 2.70.